The molecule has 0 saturated carbocycles. The van der Waals surface area contributed by atoms with E-state index in [1.807, 2.05) is 38.1 Å². The summed E-state index contributed by atoms with van der Waals surface area (Å²) in [6.45, 7) is 5.43. The Balaban J connectivity index is 1.47. The number of thiazole rings is 1. The minimum Gasteiger partial charge on any atom is -0.482 e. The molecule has 1 heterocycles. The van der Waals surface area contributed by atoms with Gasteiger partial charge >= 0.3 is 5.97 Å². The summed E-state index contributed by atoms with van der Waals surface area (Å²) in [5.41, 5.74) is 4.25. The Morgan fingerprint density at radius 2 is 1.86 bits per heavy atom. The molecule has 0 saturated heterocycles. The average Bonchev–Trinajstić information content (AvgIpc) is 3.07. The minimum atomic E-state index is -0.606. The van der Waals surface area contributed by atoms with Crippen molar-refractivity contribution >= 4 is 38.6 Å². The monoisotopic (exact) mass is 398 g/mol. The third kappa shape index (κ3) is 5.07. The molecule has 0 radical (unpaired) electrons. The van der Waals surface area contributed by atoms with E-state index in [9.17, 15) is 9.59 Å². The first-order chi connectivity index (χ1) is 13.4. The molecular weight excluding hydrogens is 376 g/mol. The summed E-state index contributed by atoms with van der Waals surface area (Å²) < 4.78 is 11.3. The second kappa shape index (κ2) is 8.84. The molecule has 1 aromatic heterocycles. The third-order valence-corrected chi connectivity index (χ3v) is 5.05. The summed E-state index contributed by atoms with van der Waals surface area (Å²) in [5, 5.41) is 3.15. The van der Waals surface area contributed by atoms with E-state index in [1.54, 1.807) is 12.1 Å². The number of esters is 1. The lowest BCUT2D eigenvalue weighted by Gasteiger charge is -2.07. The number of hydrogen-bond acceptors (Lipinski definition) is 6. The van der Waals surface area contributed by atoms with Gasteiger partial charge in [-0.2, -0.15) is 0 Å². The smallest absolute Gasteiger partial charge is 0.344 e. The maximum Gasteiger partial charge on any atom is 0.344 e. The molecule has 1 amide bonds. The summed E-state index contributed by atoms with van der Waals surface area (Å²) in [7, 11) is 0. The highest BCUT2D eigenvalue weighted by Gasteiger charge is 2.12. The Bertz CT molecular complexity index is 996. The number of anilines is 1. The van der Waals surface area contributed by atoms with Gasteiger partial charge in [-0.25, -0.2) is 9.78 Å². The first-order valence-corrected chi connectivity index (χ1v) is 9.81. The van der Waals surface area contributed by atoms with Crippen molar-refractivity contribution in [1.82, 2.24) is 4.98 Å². The molecule has 3 aromatic rings. The van der Waals surface area contributed by atoms with Crippen molar-refractivity contribution in [2.24, 2.45) is 0 Å². The van der Waals surface area contributed by atoms with Crippen molar-refractivity contribution < 1.29 is 19.1 Å². The van der Waals surface area contributed by atoms with E-state index in [-0.39, 0.29) is 13.2 Å². The van der Waals surface area contributed by atoms with Gasteiger partial charge < -0.3 is 9.47 Å². The molecule has 28 heavy (non-hydrogen) atoms. The molecule has 2 aromatic carbocycles. The van der Waals surface area contributed by atoms with Crippen LogP contribution in [0.4, 0.5) is 5.13 Å². The van der Waals surface area contributed by atoms with Crippen LogP contribution in [0.2, 0.25) is 0 Å². The van der Waals surface area contributed by atoms with Gasteiger partial charge in [0.25, 0.3) is 5.91 Å². The van der Waals surface area contributed by atoms with Crippen LogP contribution in [0.5, 0.6) is 5.75 Å². The first-order valence-electron chi connectivity index (χ1n) is 8.99. The van der Waals surface area contributed by atoms with E-state index in [2.05, 4.69) is 17.2 Å². The molecule has 0 unspecified atom stereocenters. The van der Waals surface area contributed by atoms with Crippen LogP contribution in [0.3, 0.4) is 0 Å². The molecule has 146 valence electrons. The largest absolute Gasteiger partial charge is 0.482 e. The van der Waals surface area contributed by atoms with Crippen LogP contribution < -0.4 is 10.1 Å². The number of nitrogens with one attached hydrogen (secondary N) is 1. The molecule has 0 spiro atoms. The predicted octanol–water partition coefficient (Wildman–Crippen LogP) is 4.04. The number of amides is 1. The van der Waals surface area contributed by atoms with Crippen LogP contribution in [0.15, 0.2) is 36.4 Å². The van der Waals surface area contributed by atoms with Crippen LogP contribution in [0.25, 0.3) is 10.2 Å². The number of benzene rings is 2. The number of fused-ring (bicyclic) bond motifs is 1. The summed E-state index contributed by atoms with van der Waals surface area (Å²) in [6.07, 6.45) is 0.936. The average molecular weight is 398 g/mol. The van der Waals surface area contributed by atoms with E-state index in [0.717, 1.165) is 27.8 Å². The topological polar surface area (TPSA) is 77.5 Å². The highest BCUT2D eigenvalue weighted by molar-refractivity contribution is 7.22. The molecular formula is C21H22N2O4S. The quantitative estimate of drug-likeness (QED) is 0.608. The predicted molar refractivity (Wildman–Crippen MR) is 110 cm³/mol. The lowest BCUT2D eigenvalue weighted by molar-refractivity contribution is -0.149. The van der Waals surface area contributed by atoms with Crippen molar-refractivity contribution in [3.05, 3.63) is 53.1 Å². The standard InChI is InChI=1S/C21H22N2O4S/c1-4-15-5-7-16(8-6-15)26-12-19(25)27-11-18(24)22-21-23-20-14(3)9-13(2)10-17(20)28-21/h5-10H,4,11-12H2,1-3H3,(H,22,23,24). The van der Waals surface area contributed by atoms with Crippen LogP contribution in [-0.2, 0) is 20.7 Å². The molecule has 0 aliphatic heterocycles. The first kappa shape index (κ1) is 19.8. The van der Waals surface area contributed by atoms with Gasteiger partial charge in [0.1, 0.15) is 5.75 Å². The molecule has 0 atom stereocenters. The van der Waals surface area contributed by atoms with Gasteiger partial charge in [-0.3, -0.25) is 10.1 Å². The second-order valence-corrected chi connectivity index (χ2v) is 7.47. The van der Waals surface area contributed by atoms with Crippen LogP contribution >= 0.6 is 11.3 Å². The van der Waals surface area contributed by atoms with Gasteiger partial charge in [0, 0.05) is 0 Å². The minimum absolute atomic E-state index is 0.252. The maximum absolute atomic E-state index is 12.0. The number of carbonyl (C=O) groups excluding carboxylic acids is 2. The zero-order valence-electron chi connectivity index (χ0n) is 16.1. The summed E-state index contributed by atoms with van der Waals surface area (Å²) in [4.78, 5) is 28.2. The summed E-state index contributed by atoms with van der Waals surface area (Å²) >= 11 is 1.39. The Labute approximate surface area is 167 Å². The molecule has 0 aliphatic rings. The second-order valence-electron chi connectivity index (χ2n) is 6.44. The van der Waals surface area contributed by atoms with Gasteiger partial charge in [0.15, 0.2) is 18.3 Å². The van der Waals surface area contributed by atoms with Gasteiger partial charge in [0.05, 0.1) is 10.2 Å². The SMILES string of the molecule is CCc1ccc(OCC(=O)OCC(=O)Nc2nc3c(C)cc(C)cc3s2)cc1. The highest BCUT2D eigenvalue weighted by Crippen LogP contribution is 2.29. The third-order valence-electron chi connectivity index (χ3n) is 4.13. The van der Waals surface area contributed by atoms with Gasteiger partial charge in [-0.15, -0.1) is 0 Å². The number of aromatic nitrogens is 1. The Morgan fingerprint density at radius 1 is 1.11 bits per heavy atom. The van der Waals surface area contributed by atoms with Gasteiger partial charge in [-0.1, -0.05) is 36.5 Å². The summed E-state index contributed by atoms with van der Waals surface area (Å²) in [6, 6.07) is 11.6. The van der Waals surface area contributed by atoms with Gasteiger partial charge in [0.2, 0.25) is 0 Å². The zero-order valence-corrected chi connectivity index (χ0v) is 16.9. The lowest BCUT2D eigenvalue weighted by Crippen LogP contribution is -2.23. The van der Waals surface area contributed by atoms with Crippen molar-refractivity contribution in [2.45, 2.75) is 27.2 Å². The number of rotatable bonds is 7. The molecule has 1 N–H and O–H groups in total. The molecule has 7 heteroatoms. The maximum atomic E-state index is 12.0. The molecule has 0 bridgehead atoms. The number of ether oxygens (including phenoxy) is 2. The normalized spacial score (nSPS) is 10.7. The fraction of sp³-hybridized carbons (Fsp3) is 0.286. The Kier molecular flexibility index (Phi) is 6.26. The van der Waals surface area contributed by atoms with Crippen molar-refractivity contribution in [3.8, 4) is 5.75 Å². The van der Waals surface area contributed by atoms with E-state index >= 15 is 0 Å². The lowest BCUT2D eigenvalue weighted by atomic mass is 10.1. The van der Waals surface area contributed by atoms with Gasteiger partial charge in [-0.05, 0) is 55.2 Å². The van der Waals surface area contributed by atoms with E-state index in [1.165, 1.54) is 16.9 Å². The zero-order chi connectivity index (χ0) is 20.1. The van der Waals surface area contributed by atoms with Crippen molar-refractivity contribution in [2.75, 3.05) is 18.5 Å². The molecule has 3 rings (SSSR count). The van der Waals surface area contributed by atoms with Crippen LogP contribution in [0, 0.1) is 13.8 Å². The fourth-order valence-electron chi connectivity index (χ4n) is 2.73. The van der Waals surface area contributed by atoms with Crippen LogP contribution in [0.1, 0.15) is 23.6 Å². The number of nitrogens with zero attached hydrogens (tertiary/aromatic N) is 1. The van der Waals surface area contributed by atoms with E-state index < -0.39 is 11.9 Å². The highest BCUT2D eigenvalue weighted by atomic mass is 32.1. The fourth-order valence-corrected chi connectivity index (χ4v) is 3.79. The van der Waals surface area contributed by atoms with Crippen LogP contribution in [-0.4, -0.2) is 30.1 Å². The number of carbonyl (C=O) groups is 2. The van der Waals surface area contributed by atoms with Crippen molar-refractivity contribution in [3.63, 3.8) is 0 Å². The number of aryl methyl sites for hydroxylation is 3. The summed E-state index contributed by atoms with van der Waals surface area (Å²) in [5.74, 6) is -0.460. The van der Waals surface area contributed by atoms with E-state index in [4.69, 9.17) is 9.47 Å². The Hall–Kier alpha value is -2.93. The number of hydrogen-bond donors (Lipinski definition) is 1. The Morgan fingerprint density at radius 3 is 2.57 bits per heavy atom. The molecule has 6 nitrogen and oxygen atoms in total. The molecule has 0 aliphatic carbocycles. The van der Waals surface area contributed by atoms with Crippen molar-refractivity contribution in [1.29, 1.82) is 0 Å². The van der Waals surface area contributed by atoms with E-state index in [0.29, 0.717) is 10.9 Å². The molecule has 0 fully saturated rings.